The van der Waals surface area contributed by atoms with Crippen LogP contribution in [0.5, 0.6) is 0 Å². The molecular weight excluding hydrogens is 503 g/mol. The Hall–Kier alpha value is -1.53. The minimum absolute atomic E-state index is 0.257. The largest absolute Gasteiger partial charge is 0.361 e. The van der Waals surface area contributed by atoms with Gasteiger partial charge in [-0.25, -0.2) is 0 Å². The lowest BCUT2D eigenvalue weighted by atomic mass is 9.92. The van der Waals surface area contributed by atoms with Crippen molar-refractivity contribution in [3.8, 4) is 0 Å². The van der Waals surface area contributed by atoms with E-state index in [1.54, 1.807) is 0 Å². The van der Waals surface area contributed by atoms with Crippen LogP contribution < -0.4 is 10.6 Å². The molecule has 0 atom stereocenters. The minimum atomic E-state index is -0.257. The van der Waals surface area contributed by atoms with Gasteiger partial charge in [0.25, 0.3) is 0 Å². The molecule has 0 radical (unpaired) electrons. The summed E-state index contributed by atoms with van der Waals surface area (Å²) in [6, 6.07) is 14.1. The van der Waals surface area contributed by atoms with Crippen LogP contribution in [0.15, 0.2) is 36.4 Å². The van der Waals surface area contributed by atoms with Gasteiger partial charge in [-0.1, -0.05) is 138 Å². The van der Waals surface area contributed by atoms with Crippen molar-refractivity contribution in [3.63, 3.8) is 0 Å². The molecule has 2 N–H and O–H groups in total. The topological polar surface area (TPSA) is 24.1 Å². The average molecular weight is 563 g/mol. The zero-order chi connectivity index (χ0) is 28.8. The third kappa shape index (κ3) is 7.45. The molecule has 2 aliphatic carbocycles. The van der Waals surface area contributed by atoms with Crippen LogP contribution in [0.3, 0.4) is 0 Å². The second-order valence-electron chi connectivity index (χ2n) is 14.0. The van der Waals surface area contributed by atoms with Gasteiger partial charge < -0.3 is 10.6 Å². The molecule has 40 heavy (non-hydrogen) atoms. The van der Waals surface area contributed by atoms with Gasteiger partial charge in [0.2, 0.25) is 0 Å². The molecule has 0 heterocycles. The van der Waals surface area contributed by atoms with Gasteiger partial charge in [0, 0.05) is 11.4 Å². The fraction of sp³-hybridized carbons (Fsp3) is 0.676. The molecule has 0 spiro atoms. The van der Waals surface area contributed by atoms with Crippen LogP contribution in [0.25, 0.3) is 0 Å². The summed E-state index contributed by atoms with van der Waals surface area (Å²) in [7, 11) is -0.257. The Balaban J connectivity index is 1.88. The fourth-order valence-electron chi connectivity index (χ4n) is 7.37. The lowest BCUT2D eigenvalue weighted by Crippen LogP contribution is -2.37. The normalized spacial score (nSPS) is 17.6. The number of benzene rings is 2. The van der Waals surface area contributed by atoms with Crippen LogP contribution in [-0.2, 0) is 0 Å². The zero-order valence-electron chi connectivity index (χ0n) is 27.0. The summed E-state index contributed by atoms with van der Waals surface area (Å²) < 4.78 is 0. The maximum Gasteiger partial charge on any atom is 0.116 e. The minimum Gasteiger partial charge on any atom is -0.361 e. The monoisotopic (exact) mass is 562 g/mol. The predicted octanol–water partition coefficient (Wildman–Crippen LogP) is 12.1. The van der Waals surface area contributed by atoms with E-state index in [1.807, 2.05) is 0 Å². The SMILES string of the molecule is CC(C)c1cccc(C(C)C)c1NC(Nc1c(C(C)C)cccc1C(C)C)P(C1CCCCC1)C1CCCCC1. The van der Waals surface area contributed by atoms with Crippen molar-refractivity contribution in [1.82, 2.24) is 0 Å². The molecule has 2 fully saturated rings. The van der Waals surface area contributed by atoms with Crippen molar-refractivity contribution in [2.45, 2.75) is 160 Å². The Morgan fingerprint density at radius 2 is 0.800 bits per heavy atom. The van der Waals surface area contributed by atoms with E-state index < -0.39 is 0 Å². The van der Waals surface area contributed by atoms with Gasteiger partial charge in [0.15, 0.2) is 0 Å². The second-order valence-corrected chi connectivity index (χ2v) is 16.8. The van der Waals surface area contributed by atoms with E-state index in [-0.39, 0.29) is 13.8 Å². The van der Waals surface area contributed by atoms with E-state index in [9.17, 15) is 0 Å². The molecule has 2 aliphatic rings. The lowest BCUT2D eigenvalue weighted by Gasteiger charge is -2.45. The molecule has 222 valence electrons. The molecular formula is C37H59N2P. The predicted molar refractivity (Wildman–Crippen MR) is 181 cm³/mol. The van der Waals surface area contributed by atoms with Crippen molar-refractivity contribution < 1.29 is 0 Å². The highest BCUT2D eigenvalue weighted by Crippen LogP contribution is 2.59. The van der Waals surface area contributed by atoms with Crippen LogP contribution in [0.1, 0.15) is 166 Å². The molecule has 0 aliphatic heterocycles. The van der Waals surface area contributed by atoms with E-state index >= 15 is 0 Å². The molecule has 2 saturated carbocycles. The molecule has 2 aromatic rings. The summed E-state index contributed by atoms with van der Waals surface area (Å²) in [5.74, 6) is 2.26. The number of hydrogen-bond donors (Lipinski definition) is 2. The Morgan fingerprint density at radius 3 is 1.07 bits per heavy atom. The first-order chi connectivity index (χ1) is 19.2. The van der Waals surface area contributed by atoms with Crippen molar-refractivity contribution in [3.05, 3.63) is 58.7 Å². The Bertz CT molecular complexity index is 924. The van der Waals surface area contributed by atoms with E-state index in [2.05, 4.69) is 102 Å². The van der Waals surface area contributed by atoms with Gasteiger partial charge in [-0.2, -0.15) is 0 Å². The van der Waals surface area contributed by atoms with E-state index in [1.165, 1.54) is 97.8 Å². The maximum atomic E-state index is 4.37. The summed E-state index contributed by atoms with van der Waals surface area (Å²) in [4.78, 5) is 0. The number of hydrogen-bond acceptors (Lipinski definition) is 2. The molecule has 0 bridgehead atoms. The van der Waals surface area contributed by atoms with Gasteiger partial charge in [0.1, 0.15) is 5.91 Å². The highest BCUT2D eigenvalue weighted by Gasteiger charge is 2.38. The van der Waals surface area contributed by atoms with Gasteiger partial charge in [-0.15, -0.1) is 0 Å². The third-order valence-electron chi connectivity index (χ3n) is 9.60. The summed E-state index contributed by atoms with van der Waals surface area (Å²) in [5, 5.41) is 8.74. The Kier molecular flexibility index (Phi) is 11.4. The molecule has 3 heteroatoms. The van der Waals surface area contributed by atoms with Crippen molar-refractivity contribution in [2.24, 2.45) is 0 Å². The molecule has 4 rings (SSSR count). The third-order valence-corrected chi connectivity index (χ3v) is 13.2. The molecule has 0 amide bonds. The van der Waals surface area contributed by atoms with Gasteiger partial charge >= 0.3 is 0 Å². The van der Waals surface area contributed by atoms with Crippen LogP contribution in [0.2, 0.25) is 0 Å². The lowest BCUT2D eigenvalue weighted by molar-refractivity contribution is 0.482. The number of para-hydroxylation sites is 2. The molecule has 2 aromatic carbocycles. The Morgan fingerprint density at radius 1 is 0.500 bits per heavy atom. The quantitative estimate of drug-likeness (QED) is 0.210. The highest BCUT2D eigenvalue weighted by atomic mass is 31.1. The molecule has 0 aromatic heterocycles. The molecule has 2 nitrogen and oxygen atoms in total. The fourth-order valence-corrected chi connectivity index (χ4v) is 11.3. The number of rotatable bonds is 11. The standard InChI is InChI=1S/C37H59N2P/c1-25(2)31-21-15-22-32(26(3)4)35(31)38-37(39-36-33(27(5)6)23-16-24-34(36)28(7)8)40(29-17-11-9-12-18-29)30-19-13-10-14-20-30/h15-16,21-30,37-39H,9-14,17-20H2,1-8H3. The second kappa shape index (κ2) is 14.6. The first-order valence-corrected chi connectivity index (χ1v) is 18.3. The molecule has 0 unspecified atom stereocenters. The number of nitrogens with one attached hydrogen (secondary N) is 2. The van der Waals surface area contributed by atoms with Crippen LogP contribution in [-0.4, -0.2) is 17.2 Å². The van der Waals surface area contributed by atoms with Crippen molar-refractivity contribution in [1.29, 1.82) is 0 Å². The first kappa shape index (κ1) is 31.4. The highest BCUT2D eigenvalue weighted by molar-refractivity contribution is 7.60. The zero-order valence-corrected chi connectivity index (χ0v) is 27.9. The average Bonchev–Trinajstić information content (AvgIpc) is 2.94. The summed E-state index contributed by atoms with van der Waals surface area (Å²) in [6.07, 6.45) is 14.2. The number of anilines is 2. The molecule has 0 saturated heterocycles. The smallest absolute Gasteiger partial charge is 0.116 e. The van der Waals surface area contributed by atoms with E-state index in [0.29, 0.717) is 23.7 Å². The van der Waals surface area contributed by atoms with Gasteiger partial charge in [-0.05, 0) is 82.9 Å². The van der Waals surface area contributed by atoms with Crippen LogP contribution >= 0.6 is 7.92 Å². The summed E-state index contributed by atoms with van der Waals surface area (Å²) >= 11 is 0. The summed E-state index contributed by atoms with van der Waals surface area (Å²) in [5.41, 5.74) is 10.4. The van der Waals surface area contributed by atoms with Crippen LogP contribution in [0.4, 0.5) is 11.4 Å². The maximum absolute atomic E-state index is 4.37. The first-order valence-electron chi connectivity index (χ1n) is 16.7. The van der Waals surface area contributed by atoms with E-state index in [4.69, 9.17) is 0 Å². The van der Waals surface area contributed by atoms with Gasteiger partial charge in [0.05, 0.1) is 0 Å². The van der Waals surface area contributed by atoms with Crippen LogP contribution in [0, 0.1) is 0 Å². The Labute approximate surface area is 248 Å². The van der Waals surface area contributed by atoms with E-state index in [0.717, 1.165) is 11.3 Å². The summed E-state index contributed by atoms with van der Waals surface area (Å²) in [6.45, 7) is 18.9. The van der Waals surface area contributed by atoms with Crippen molar-refractivity contribution >= 4 is 19.3 Å². The van der Waals surface area contributed by atoms with Crippen molar-refractivity contribution in [2.75, 3.05) is 10.6 Å². The van der Waals surface area contributed by atoms with Gasteiger partial charge in [-0.3, -0.25) is 0 Å².